The minimum absolute atomic E-state index is 0.00434. The topological polar surface area (TPSA) is 186 Å². The van der Waals surface area contributed by atoms with E-state index >= 15 is 0 Å². The molecule has 2 N–H and O–H groups in total. The lowest BCUT2D eigenvalue weighted by Crippen LogP contribution is -2.27. The summed E-state index contributed by atoms with van der Waals surface area (Å²) in [4.78, 5) is 52.0. The van der Waals surface area contributed by atoms with Crippen LogP contribution in [0, 0.1) is 10.1 Å². The normalized spacial score (nSPS) is 10.8. The molecule has 5 rings (SSSR count). The number of ether oxygens (including phenoxy) is 6. The molecular weight excluding hydrogens is 628 g/mol. The summed E-state index contributed by atoms with van der Waals surface area (Å²) in [6.45, 7) is 0. The van der Waals surface area contributed by atoms with Crippen LogP contribution in [0.2, 0.25) is 0 Å². The number of hydrogen-bond donors (Lipinski definition) is 1. The largest absolute Gasteiger partial charge is 0.493 e. The van der Waals surface area contributed by atoms with E-state index in [0.717, 1.165) is 16.8 Å². The minimum Gasteiger partial charge on any atom is -0.493 e. The zero-order valence-corrected chi connectivity index (χ0v) is 26.7. The molecule has 15 heteroatoms. The number of pyridine rings is 1. The number of fused-ring (bicyclic) bond motifs is 1. The molecule has 248 valence electrons. The molecule has 0 spiro atoms. The molecule has 48 heavy (non-hydrogen) atoms. The maximum atomic E-state index is 14.4. The highest BCUT2D eigenvalue weighted by Crippen LogP contribution is 2.45. The van der Waals surface area contributed by atoms with E-state index in [1.807, 2.05) is 0 Å². The van der Waals surface area contributed by atoms with E-state index in [-0.39, 0.29) is 67.8 Å². The molecule has 0 saturated carbocycles. The minimum atomic E-state index is -0.946. The molecule has 2 aromatic heterocycles. The second-order valence-corrected chi connectivity index (χ2v) is 10.3. The molecular formula is C33H30N4O11. The number of nitrogens with two attached hydrogens (primary N) is 1. The number of anilines is 1. The Morgan fingerprint density at radius 2 is 1.40 bits per heavy atom. The van der Waals surface area contributed by atoms with E-state index in [4.69, 9.17) is 34.2 Å². The molecule has 0 aliphatic heterocycles. The molecule has 0 radical (unpaired) electrons. The lowest BCUT2D eigenvalue weighted by atomic mass is 9.95. The second kappa shape index (κ2) is 13.1. The van der Waals surface area contributed by atoms with Gasteiger partial charge in [-0.2, -0.15) is 0 Å². The van der Waals surface area contributed by atoms with Crippen LogP contribution in [0.1, 0.15) is 21.0 Å². The fourth-order valence-electron chi connectivity index (χ4n) is 5.32. The van der Waals surface area contributed by atoms with Crippen LogP contribution in [0.25, 0.3) is 27.6 Å². The van der Waals surface area contributed by atoms with Crippen molar-refractivity contribution in [1.82, 2.24) is 9.13 Å². The first-order chi connectivity index (χ1) is 23.0. The van der Waals surface area contributed by atoms with Gasteiger partial charge in [0.15, 0.2) is 23.0 Å². The highest BCUT2D eigenvalue weighted by Gasteiger charge is 2.29. The fraction of sp³-hybridized carbons (Fsp3) is 0.182. The summed E-state index contributed by atoms with van der Waals surface area (Å²) in [5, 5.41) is 11.5. The third-order valence-electron chi connectivity index (χ3n) is 7.56. The third-order valence-corrected chi connectivity index (χ3v) is 7.56. The molecule has 2 heterocycles. The summed E-state index contributed by atoms with van der Waals surface area (Å²) in [5.74, 6) is -1.15. The number of hydrogen-bond acceptors (Lipinski definition) is 12. The van der Waals surface area contributed by atoms with Crippen molar-refractivity contribution in [3.8, 4) is 45.6 Å². The average Bonchev–Trinajstić information content (AvgIpc) is 3.49. The monoisotopic (exact) mass is 658 g/mol. The van der Waals surface area contributed by atoms with E-state index in [2.05, 4.69) is 0 Å². The highest BCUT2D eigenvalue weighted by molar-refractivity contribution is 6.08. The summed E-state index contributed by atoms with van der Waals surface area (Å²) in [7, 11) is 8.26. The van der Waals surface area contributed by atoms with Gasteiger partial charge in [0, 0.05) is 35.4 Å². The maximum absolute atomic E-state index is 14.4. The number of aryl methyl sites for hydroxylation is 1. The number of aromatic nitrogens is 2. The molecule has 0 fully saturated rings. The molecule has 0 aliphatic carbocycles. The van der Waals surface area contributed by atoms with Crippen LogP contribution < -0.4 is 35.0 Å². The smallest absolute Gasteiger partial charge is 0.360 e. The quantitative estimate of drug-likeness (QED) is 0.0728. The molecule has 0 saturated heterocycles. The van der Waals surface area contributed by atoms with Crippen molar-refractivity contribution in [2.24, 2.45) is 7.05 Å². The molecule has 0 aliphatic rings. The predicted octanol–water partition coefficient (Wildman–Crippen LogP) is 4.53. The van der Waals surface area contributed by atoms with Gasteiger partial charge < -0.3 is 38.7 Å². The first-order valence-electron chi connectivity index (χ1n) is 14.1. The van der Waals surface area contributed by atoms with Gasteiger partial charge in [-0.1, -0.05) is 0 Å². The Kier molecular flexibility index (Phi) is 8.95. The van der Waals surface area contributed by atoms with Crippen LogP contribution >= 0.6 is 0 Å². The lowest BCUT2D eigenvalue weighted by molar-refractivity contribution is -0.384. The van der Waals surface area contributed by atoms with Crippen molar-refractivity contribution >= 4 is 34.1 Å². The Morgan fingerprint density at radius 3 is 1.92 bits per heavy atom. The molecule has 0 amide bonds. The van der Waals surface area contributed by atoms with Gasteiger partial charge in [-0.3, -0.25) is 19.5 Å². The van der Waals surface area contributed by atoms with Gasteiger partial charge >= 0.3 is 11.9 Å². The Bertz CT molecular complexity index is 2130. The van der Waals surface area contributed by atoms with Gasteiger partial charge in [-0.15, -0.1) is 0 Å². The number of rotatable bonds is 10. The molecule has 0 bridgehead atoms. The number of nitro groups is 1. The summed E-state index contributed by atoms with van der Waals surface area (Å²) in [5.41, 5.74) is 5.91. The maximum Gasteiger partial charge on any atom is 0.360 e. The van der Waals surface area contributed by atoms with E-state index in [0.29, 0.717) is 11.3 Å². The zero-order valence-electron chi connectivity index (χ0n) is 26.7. The van der Waals surface area contributed by atoms with E-state index in [1.54, 1.807) is 36.4 Å². The second-order valence-electron chi connectivity index (χ2n) is 10.3. The van der Waals surface area contributed by atoms with E-state index in [9.17, 15) is 24.5 Å². The van der Waals surface area contributed by atoms with Crippen molar-refractivity contribution in [1.29, 1.82) is 0 Å². The Hall–Kier alpha value is -6.51. The summed E-state index contributed by atoms with van der Waals surface area (Å²) < 4.78 is 35.5. The SMILES string of the molecule is COC(=O)c1c(-c2cc(OC)c(OC)c(OC)c2)c2cc(OC)c(OC(=O)c3cc([N+](=O)[O-])cn3C)cc2c(=O)n1-c1ccc(N)cc1. The standard InChI is InChI=1S/C33H30N4O11/c1-35-16-20(37(41)42)13-23(35)32(39)48-25-15-22-21(14-24(25)43-2)28(17-11-26(44-3)30(46-5)27(12-17)45-4)29(33(40)47-6)36(31(22)38)19-9-7-18(34)8-10-19/h7-16H,34H2,1-6H3. The fourth-order valence-corrected chi connectivity index (χ4v) is 5.32. The van der Waals surface area contributed by atoms with Crippen LogP contribution in [0.5, 0.6) is 28.7 Å². The van der Waals surface area contributed by atoms with Gasteiger partial charge in [0.25, 0.3) is 11.2 Å². The molecule has 0 atom stereocenters. The Balaban J connectivity index is 1.89. The van der Waals surface area contributed by atoms with Crippen LogP contribution in [0.4, 0.5) is 11.4 Å². The van der Waals surface area contributed by atoms with Crippen LogP contribution in [-0.4, -0.2) is 61.5 Å². The van der Waals surface area contributed by atoms with Crippen molar-refractivity contribution in [2.45, 2.75) is 0 Å². The Morgan fingerprint density at radius 1 is 0.792 bits per heavy atom. The van der Waals surface area contributed by atoms with Crippen LogP contribution in [-0.2, 0) is 11.8 Å². The van der Waals surface area contributed by atoms with Gasteiger partial charge in [-0.05, 0) is 54.1 Å². The summed E-state index contributed by atoms with van der Waals surface area (Å²) in [6, 6.07) is 13.2. The number of methoxy groups -OCH3 is 5. The van der Waals surface area contributed by atoms with E-state index < -0.39 is 22.4 Å². The number of carbonyl (C=O) groups excluding carboxylic acids is 2. The van der Waals surface area contributed by atoms with Gasteiger partial charge in [0.1, 0.15) is 11.4 Å². The van der Waals surface area contributed by atoms with Crippen LogP contribution in [0.3, 0.4) is 0 Å². The van der Waals surface area contributed by atoms with E-state index in [1.165, 1.54) is 59.3 Å². The first kappa shape index (κ1) is 32.9. The number of nitrogens with zero attached hydrogens (tertiary/aromatic N) is 3. The van der Waals surface area contributed by atoms with Gasteiger partial charge in [-0.25, -0.2) is 9.59 Å². The highest BCUT2D eigenvalue weighted by atomic mass is 16.6. The molecule has 3 aromatic carbocycles. The van der Waals surface area contributed by atoms with Gasteiger partial charge in [0.2, 0.25) is 5.75 Å². The summed E-state index contributed by atoms with van der Waals surface area (Å²) in [6.07, 6.45) is 1.16. The molecule has 15 nitrogen and oxygen atoms in total. The zero-order chi connectivity index (χ0) is 34.9. The molecule has 0 unspecified atom stereocenters. The van der Waals surface area contributed by atoms with Gasteiger partial charge in [0.05, 0.1) is 52.1 Å². The van der Waals surface area contributed by atoms with Crippen molar-refractivity contribution < 1.29 is 42.9 Å². The predicted molar refractivity (Wildman–Crippen MR) is 174 cm³/mol. The van der Waals surface area contributed by atoms with Crippen molar-refractivity contribution in [3.63, 3.8) is 0 Å². The first-order valence-corrected chi connectivity index (χ1v) is 14.1. The van der Waals surface area contributed by atoms with Crippen molar-refractivity contribution in [3.05, 3.63) is 92.7 Å². The lowest BCUT2D eigenvalue weighted by Gasteiger charge is -2.21. The Labute approximate surface area is 272 Å². The average molecular weight is 659 g/mol. The third kappa shape index (κ3) is 5.68. The molecule has 5 aromatic rings. The number of carbonyl (C=O) groups is 2. The number of esters is 2. The number of benzene rings is 3. The number of nitrogen functional groups attached to an aromatic ring is 1. The van der Waals surface area contributed by atoms with Crippen molar-refractivity contribution in [2.75, 3.05) is 41.3 Å². The summed E-state index contributed by atoms with van der Waals surface area (Å²) >= 11 is 0. The van der Waals surface area contributed by atoms with Crippen LogP contribution in [0.15, 0.2) is 65.6 Å².